The second kappa shape index (κ2) is 8.60. The van der Waals surface area contributed by atoms with Crippen LogP contribution in [0.3, 0.4) is 0 Å². The molecular weight excluding hydrogens is 463 g/mol. The molecule has 31 heavy (non-hydrogen) atoms. The maximum absolute atomic E-state index is 12.9. The topological polar surface area (TPSA) is 98.7 Å². The van der Waals surface area contributed by atoms with Crippen molar-refractivity contribution in [1.29, 1.82) is 5.26 Å². The zero-order valence-corrected chi connectivity index (χ0v) is 18.8. The standard InChI is InChI=1S/C21H15Cl3N4O3/c1-10-13(19(29)27(3)20(30)15(10)9-25)5-4-6-14-11(2)26-28(21(14)31)18-16(23)7-12(22)8-17(18)24/h4-8,29H,1-3H3/b5-4?,14-6-. The molecule has 1 aromatic carbocycles. The number of carbonyl (C=O) groups excluding carboxylic acids is 1. The Morgan fingerprint density at radius 2 is 1.77 bits per heavy atom. The summed E-state index contributed by atoms with van der Waals surface area (Å²) in [6.45, 7) is 3.21. The van der Waals surface area contributed by atoms with Gasteiger partial charge in [-0.25, -0.2) is 0 Å². The number of benzene rings is 1. The van der Waals surface area contributed by atoms with Crippen LogP contribution in [0.2, 0.25) is 15.1 Å². The zero-order valence-electron chi connectivity index (χ0n) is 16.6. The number of hydrazone groups is 1. The van der Waals surface area contributed by atoms with Gasteiger partial charge in [-0.05, 0) is 43.7 Å². The number of pyridine rings is 1. The predicted molar refractivity (Wildman–Crippen MR) is 122 cm³/mol. The number of hydrogen-bond acceptors (Lipinski definition) is 5. The van der Waals surface area contributed by atoms with Crippen molar-refractivity contribution >= 4 is 58.2 Å². The summed E-state index contributed by atoms with van der Waals surface area (Å²) in [4.78, 5) is 25.0. The number of allylic oxidation sites excluding steroid dienone is 2. The number of aromatic hydroxyl groups is 1. The van der Waals surface area contributed by atoms with Crippen LogP contribution in [0.4, 0.5) is 5.69 Å². The molecule has 3 rings (SSSR count). The largest absolute Gasteiger partial charge is 0.494 e. The summed E-state index contributed by atoms with van der Waals surface area (Å²) in [5.41, 5.74) is 0.888. The molecule has 0 saturated heterocycles. The number of rotatable bonds is 3. The maximum atomic E-state index is 12.9. The molecule has 10 heteroatoms. The van der Waals surface area contributed by atoms with E-state index in [0.717, 1.165) is 9.58 Å². The van der Waals surface area contributed by atoms with Crippen LogP contribution in [0.25, 0.3) is 6.08 Å². The molecule has 1 amide bonds. The minimum absolute atomic E-state index is 0.0690. The fourth-order valence-corrected chi connectivity index (χ4v) is 4.05. The minimum atomic E-state index is -0.589. The van der Waals surface area contributed by atoms with Crippen LogP contribution in [0.5, 0.6) is 5.88 Å². The van der Waals surface area contributed by atoms with Crippen LogP contribution in [-0.2, 0) is 11.8 Å². The molecule has 0 fully saturated rings. The predicted octanol–water partition coefficient (Wildman–Crippen LogP) is 4.59. The average Bonchev–Trinajstić information content (AvgIpc) is 2.96. The van der Waals surface area contributed by atoms with Crippen molar-refractivity contribution in [2.24, 2.45) is 12.1 Å². The summed E-state index contributed by atoms with van der Waals surface area (Å²) in [6.07, 6.45) is 4.53. The summed E-state index contributed by atoms with van der Waals surface area (Å²) in [6, 6.07) is 4.77. The number of nitrogens with zero attached hydrogens (tertiary/aromatic N) is 4. The van der Waals surface area contributed by atoms with Crippen molar-refractivity contribution in [3.63, 3.8) is 0 Å². The highest BCUT2D eigenvalue weighted by molar-refractivity contribution is 6.43. The van der Waals surface area contributed by atoms with E-state index in [1.54, 1.807) is 13.8 Å². The van der Waals surface area contributed by atoms with E-state index in [0.29, 0.717) is 16.3 Å². The van der Waals surface area contributed by atoms with E-state index in [-0.39, 0.29) is 38.3 Å². The van der Waals surface area contributed by atoms with E-state index in [9.17, 15) is 20.0 Å². The van der Waals surface area contributed by atoms with Crippen molar-refractivity contribution in [1.82, 2.24) is 4.57 Å². The average molecular weight is 478 g/mol. The van der Waals surface area contributed by atoms with Crippen molar-refractivity contribution < 1.29 is 9.90 Å². The van der Waals surface area contributed by atoms with Crippen molar-refractivity contribution in [3.05, 3.63) is 72.0 Å². The molecule has 0 radical (unpaired) electrons. The molecule has 1 aliphatic heterocycles. The smallest absolute Gasteiger partial charge is 0.280 e. The van der Waals surface area contributed by atoms with Gasteiger partial charge in [-0.2, -0.15) is 15.4 Å². The van der Waals surface area contributed by atoms with Crippen LogP contribution in [0.15, 0.2) is 39.8 Å². The Morgan fingerprint density at radius 3 is 2.35 bits per heavy atom. The molecule has 7 nitrogen and oxygen atoms in total. The van der Waals surface area contributed by atoms with Crippen molar-refractivity contribution in [2.45, 2.75) is 13.8 Å². The highest BCUT2D eigenvalue weighted by Gasteiger charge is 2.31. The lowest BCUT2D eigenvalue weighted by molar-refractivity contribution is -0.114. The van der Waals surface area contributed by atoms with Gasteiger partial charge >= 0.3 is 0 Å². The van der Waals surface area contributed by atoms with Crippen LogP contribution in [0, 0.1) is 18.3 Å². The molecule has 0 saturated carbocycles. The molecule has 0 unspecified atom stereocenters. The Kier molecular flexibility index (Phi) is 6.27. The maximum Gasteiger partial charge on any atom is 0.280 e. The minimum Gasteiger partial charge on any atom is -0.494 e. The normalized spacial score (nSPS) is 15.1. The Labute approximate surface area is 192 Å². The highest BCUT2D eigenvalue weighted by atomic mass is 35.5. The quantitative estimate of drug-likeness (QED) is 0.653. The van der Waals surface area contributed by atoms with Crippen LogP contribution in [-0.4, -0.2) is 21.3 Å². The summed E-state index contributed by atoms with van der Waals surface area (Å²) in [5.74, 6) is -0.743. The van der Waals surface area contributed by atoms with E-state index in [4.69, 9.17) is 34.8 Å². The van der Waals surface area contributed by atoms with Gasteiger partial charge in [-0.3, -0.25) is 14.2 Å². The molecule has 1 aromatic heterocycles. The first-order valence-electron chi connectivity index (χ1n) is 8.84. The van der Waals surface area contributed by atoms with E-state index in [2.05, 4.69) is 5.10 Å². The number of carbonyl (C=O) groups is 1. The number of aromatic nitrogens is 1. The molecule has 0 atom stereocenters. The first kappa shape index (κ1) is 22.6. The van der Waals surface area contributed by atoms with Crippen LogP contribution in [0.1, 0.15) is 23.6 Å². The fourth-order valence-electron chi connectivity index (χ4n) is 3.08. The Bertz CT molecular complexity index is 1290. The molecule has 2 heterocycles. The van der Waals surface area contributed by atoms with Gasteiger partial charge in [0.2, 0.25) is 5.88 Å². The highest BCUT2D eigenvalue weighted by Crippen LogP contribution is 2.39. The van der Waals surface area contributed by atoms with Gasteiger partial charge < -0.3 is 5.11 Å². The molecule has 0 spiro atoms. The Morgan fingerprint density at radius 1 is 1.16 bits per heavy atom. The van der Waals surface area contributed by atoms with E-state index in [1.807, 2.05) is 6.07 Å². The molecule has 0 aliphatic carbocycles. The first-order valence-corrected chi connectivity index (χ1v) is 9.97. The number of hydrogen-bond donors (Lipinski definition) is 1. The van der Waals surface area contributed by atoms with Gasteiger partial charge in [0.25, 0.3) is 11.5 Å². The molecule has 0 bridgehead atoms. The lowest BCUT2D eigenvalue weighted by Crippen LogP contribution is -2.22. The summed E-state index contributed by atoms with van der Waals surface area (Å²) in [5, 5.41) is 25.5. The van der Waals surface area contributed by atoms with Crippen molar-refractivity contribution in [3.8, 4) is 11.9 Å². The third-order valence-corrected chi connectivity index (χ3v) is 5.54. The molecular formula is C21H15Cl3N4O3. The van der Waals surface area contributed by atoms with Gasteiger partial charge in [-0.1, -0.05) is 40.9 Å². The SMILES string of the molecule is CC1=NN(c2c(Cl)cc(Cl)cc2Cl)C(=O)/C1=C\C=Cc1c(C)c(C#N)c(=O)n(C)c1O. The van der Waals surface area contributed by atoms with Gasteiger partial charge in [0.05, 0.1) is 21.3 Å². The number of nitriles is 1. The molecule has 1 N–H and O–H groups in total. The van der Waals surface area contributed by atoms with E-state index in [1.165, 1.54) is 37.4 Å². The summed E-state index contributed by atoms with van der Waals surface area (Å²) >= 11 is 18.3. The lowest BCUT2D eigenvalue weighted by atomic mass is 10.0. The van der Waals surface area contributed by atoms with E-state index < -0.39 is 11.5 Å². The van der Waals surface area contributed by atoms with Gasteiger partial charge in [-0.15, -0.1) is 0 Å². The molecule has 158 valence electrons. The first-order chi connectivity index (χ1) is 14.6. The summed E-state index contributed by atoms with van der Waals surface area (Å²) in [7, 11) is 1.36. The second-order valence-corrected chi connectivity index (χ2v) is 7.92. The number of amides is 1. The number of anilines is 1. The molecule has 2 aromatic rings. The fraction of sp³-hybridized carbons (Fsp3) is 0.143. The van der Waals surface area contributed by atoms with E-state index >= 15 is 0 Å². The van der Waals surface area contributed by atoms with Gasteiger partial charge in [0.15, 0.2) is 0 Å². The van der Waals surface area contributed by atoms with Gasteiger partial charge in [0, 0.05) is 17.6 Å². The zero-order chi connectivity index (χ0) is 23.0. The summed E-state index contributed by atoms with van der Waals surface area (Å²) < 4.78 is 0.984. The third-order valence-electron chi connectivity index (χ3n) is 4.75. The van der Waals surface area contributed by atoms with Crippen molar-refractivity contribution in [2.75, 3.05) is 5.01 Å². The Balaban J connectivity index is 1.99. The number of halogens is 3. The lowest BCUT2D eigenvalue weighted by Gasteiger charge is -2.15. The van der Waals surface area contributed by atoms with Crippen LogP contribution >= 0.6 is 34.8 Å². The third kappa shape index (κ3) is 3.98. The monoisotopic (exact) mass is 476 g/mol. The van der Waals surface area contributed by atoms with Crippen LogP contribution < -0.4 is 10.6 Å². The molecule has 1 aliphatic rings. The van der Waals surface area contributed by atoms with Gasteiger partial charge in [0.1, 0.15) is 17.3 Å². The Hall–Kier alpha value is -3.05. The second-order valence-electron chi connectivity index (χ2n) is 6.67.